The molecule has 116 valence electrons. The fourth-order valence-electron chi connectivity index (χ4n) is 3.31. The minimum absolute atomic E-state index is 0.00593. The predicted molar refractivity (Wildman–Crippen MR) is 80.0 cm³/mol. The molecular weight excluding hydrogens is 268 g/mol. The molecule has 3 aliphatic carbocycles. The monoisotopic (exact) mass is 292 g/mol. The average molecular weight is 292 g/mol. The number of unbranched alkanes of at least 4 members (excludes halogenated alkanes) is 2. The largest absolute Gasteiger partial charge is 0.478 e. The van der Waals surface area contributed by atoms with Gasteiger partial charge in [0, 0.05) is 0 Å². The van der Waals surface area contributed by atoms with Crippen LogP contribution >= 0.6 is 0 Å². The Kier molecular flexibility index (Phi) is 5.21. The topological polar surface area (TPSA) is 74.6 Å². The Morgan fingerprint density at radius 2 is 1.62 bits per heavy atom. The summed E-state index contributed by atoms with van der Waals surface area (Å²) < 4.78 is 0. The molecule has 3 aliphatic rings. The Balaban J connectivity index is 0.000000173. The molecule has 4 nitrogen and oxygen atoms in total. The molecule has 2 bridgehead atoms. The van der Waals surface area contributed by atoms with Crippen molar-refractivity contribution in [3.8, 4) is 0 Å². The van der Waals surface area contributed by atoms with Crippen LogP contribution in [0.3, 0.4) is 0 Å². The van der Waals surface area contributed by atoms with E-state index in [0.717, 1.165) is 19.3 Å². The maximum atomic E-state index is 10.8. The third-order valence-electron chi connectivity index (χ3n) is 4.53. The first-order valence-electron chi connectivity index (χ1n) is 7.93. The van der Waals surface area contributed by atoms with E-state index < -0.39 is 11.9 Å². The number of hydrogen-bond acceptors (Lipinski definition) is 2. The highest BCUT2D eigenvalue weighted by Gasteiger charge is 2.44. The zero-order valence-electron chi connectivity index (χ0n) is 12.6. The lowest BCUT2D eigenvalue weighted by Crippen LogP contribution is -2.17. The molecule has 0 aromatic carbocycles. The first-order chi connectivity index (χ1) is 10.0. The molecule has 21 heavy (non-hydrogen) atoms. The molecule has 0 aromatic heterocycles. The Morgan fingerprint density at radius 3 is 2.00 bits per heavy atom. The SMILES string of the molecule is CCCCC=C1CC1.O=C(O)C1=C(C(=O)O)C2CCC1C2. The zero-order valence-corrected chi connectivity index (χ0v) is 12.6. The molecule has 2 fully saturated rings. The number of carboxylic acid groups (broad SMARTS) is 2. The number of rotatable bonds is 5. The summed E-state index contributed by atoms with van der Waals surface area (Å²) in [4.78, 5) is 21.6. The molecule has 3 rings (SSSR count). The molecule has 0 spiro atoms. The lowest BCUT2D eigenvalue weighted by atomic mass is 9.92. The van der Waals surface area contributed by atoms with Crippen molar-refractivity contribution in [3.63, 3.8) is 0 Å². The quantitative estimate of drug-likeness (QED) is 0.597. The molecule has 0 heterocycles. The third-order valence-corrected chi connectivity index (χ3v) is 4.53. The van der Waals surface area contributed by atoms with Crippen LogP contribution in [-0.4, -0.2) is 22.2 Å². The fourth-order valence-corrected chi connectivity index (χ4v) is 3.31. The van der Waals surface area contributed by atoms with Gasteiger partial charge in [0.1, 0.15) is 0 Å². The fraction of sp³-hybridized carbons (Fsp3) is 0.647. The van der Waals surface area contributed by atoms with Crippen LogP contribution in [0.5, 0.6) is 0 Å². The van der Waals surface area contributed by atoms with Crippen LogP contribution in [0.25, 0.3) is 0 Å². The van der Waals surface area contributed by atoms with Gasteiger partial charge < -0.3 is 10.2 Å². The molecule has 0 amide bonds. The number of carboxylic acids is 2. The van der Waals surface area contributed by atoms with Crippen LogP contribution in [0.1, 0.15) is 58.3 Å². The van der Waals surface area contributed by atoms with Crippen molar-refractivity contribution >= 4 is 11.9 Å². The van der Waals surface area contributed by atoms with E-state index in [1.165, 1.54) is 32.1 Å². The smallest absolute Gasteiger partial charge is 0.332 e. The molecule has 2 unspecified atom stereocenters. The van der Waals surface area contributed by atoms with Crippen molar-refractivity contribution in [2.75, 3.05) is 0 Å². The Hall–Kier alpha value is -1.58. The van der Waals surface area contributed by atoms with Crippen LogP contribution in [0, 0.1) is 11.8 Å². The van der Waals surface area contributed by atoms with Crippen molar-refractivity contribution in [3.05, 3.63) is 22.8 Å². The Labute approximate surface area is 125 Å². The molecule has 0 saturated heterocycles. The number of aliphatic carboxylic acids is 2. The summed E-state index contributed by atoms with van der Waals surface area (Å²) in [5, 5.41) is 17.7. The van der Waals surface area contributed by atoms with Gasteiger partial charge in [-0.1, -0.05) is 31.4 Å². The van der Waals surface area contributed by atoms with Gasteiger partial charge >= 0.3 is 11.9 Å². The van der Waals surface area contributed by atoms with Gasteiger partial charge in [-0.25, -0.2) is 9.59 Å². The van der Waals surface area contributed by atoms with Crippen LogP contribution in [0.4, 0.5) is 0 Å². The van der Waals surface area contributed by atoms with E-state index in [-0.39, 0.29) is 23.0 Å². The highest BCUT2D eigenvalue weighted by Crippen LogP contribution is 2.48. The Bertz CT molecular complexity index is 451. The van der Waals surface area contributed by atoms with Crippen molar-refractivity contribution in [1.82, 2.24) is 0 Å². The minimum Gasteiger partial charge on any atom is -0.478 e. The second-order valence-corrected chi connectivity index (χ2v) is 6.15. The number of allylic oxidation sites excluding steroid dienone is 2. The van der Waals surface area contributed by atoms with E-state index in [9.17, 15) is 9.59 Å². The van der Waals surface area contributed by atoms with E-state index in [1.807, 2.05) is 0 Å². The van der Waals surface area contributed by atoms with Crippen LogP contribution in [-0.2, 0) is 9.59 Å². The zero-order chi connectivity index (χ0) is 15.4. The first kappa shape index (κ1) is 15.8. The van der Waals surface area contributed by atoms with Crippen LogP contribution in [0.15, 0.2) is 22.8 Å². The Morgan fingerprint density at radius 1 is 1.10 bits per heavy atom. The summed E-state index contributed by atoms with van der Waals surface area (Å²) in [6.45, 7) is 2.24. The maximum absolute atomic E-state index is 10.8. The molecular formula is C17H24O4. The number of hydrogen-bond donors (Lipinski definition) is 2. The second-order valence-electron chi connectivity index (χ2n) is 6.15. The van der Waals surface area contributed by atoms with E-state index in [2.05, 4.69) is 13.0 Å². The van der Waals surface area contributed by atoms with E-state index in [1.54, 1.807) is 5.57 Å². The van der Waals surface area contributed by atoms with E-state index >= 15 is 0 Å². The van der Waals surface area contributed by atoms with Gasteiger partial charge in [-0.05, 0) is 50.4 Å². The van der Waals surface area contributed by atoms with Crippen molar-refractivity contribution < 1.29 is 19.8 Å². The van der Waals surface area contributed by atoms with Crippen LogP contribution < -0.4 is 0 Å². The highest BCUT2D eigenvalue weighted by atomic mass is 16.4. The van der Waals surface area contributed by atoms with Gasteiger partial charge in [0.2, 0.25) is 0 Å². The van der Waals surface area contributed by atoms with E-state index in [4.69, 9.17) is 10.2 Å². The van der Waals surface area contributed by atoms with Crippen LogP contribution in [0.2, 0.25) is 0 Å². The summed E-state index contributed by atoms with van der Waals surface area (Å²) in [6.07, 6.45) is 11.6. The molecule has 2 saturated carbocycles. The lowest BCUT2D eigenvalue weighted by Gasteiger charge is -2.12. The van der Waals surface area contributed by atoms with Gasteiger partial charge in [0.25, 0.3) is 0 Å². The molecule has 0 aliphatic heterocycles. The second kappa shape index (κ2) is 6.92. The van der Waals surface area contributed by atoms with E-state index in [0.29, 0.717) is 0 Å². The van der Waals surface area contributed by atoms with Gasteiger partial charge in [-0.2, -0.15) is 0 Å². The predicted octanol–water partition coefficient (Wildman–Crippen LogP) is 3.78. The van der Waals surface area contributed by atoms with Crippen molar-refractivity contribution in [2.45, 2.75) is 58.3 Å². The average Bonchev–Trinajstić information content (AvgIpc) is 3.02. The molecule has 4 heteroatoms. The molecule has 2 atom stereocenters. The maximum Gasteiger partial charge on any atom is 0.332 e. The summed E-state index contributed by atoms with van der Waals surface area (Å²) >= 11 is 0. The summed E-state index contributed by atoms with van der Waals surface area (Å²) in [7, 11) is 0. The van der Waals surface area contributed by atoms with Gasteiger partial charge in [-0.3, -0.25) is 0 Å². The minimum atomic E-state index is -1.05. The normalized spacial score (nSPS) is 25.5. The third kappa shape index (κ3) is 3.96. The summed E-state index contributed by atoms with van der Waals surface area (Å²) in [5.41, 5.74) is 2.01. The van der Waals surface area contributed by atoms with Crippen molar-refractivity contribution in [1.29, 1.82) is 0 Å². The standard InChI is InChI=1S/C9H10O4.C8H14/c10-8(11)6-4-1-2-5(3-4)7(6)9(12)13;1-2-3-4-5-8-6-7-8/h4-5H,1-3H2,(H,10,11)(H,12,13);5H,2-4,6-7H2,1H3. The van der Waals surface area contributed by atoms with Gasteiger partial charge in [-0.15, -0.1) is 0 Å². The number of fused-ring (bicyclic) bond motifs is 2. The molecule has 2 N–H and O–H groups in total. The van der Waals surface area contributed by atoms with Gasteiger partial charge in [0.05, 0.1) is 11.1 Å². The first-order valence-corrected chi connectivity index (χ1v) is 7.93. The number of carbonyl (C=O) groups is 2. The highest BCUT2D eigenvalue weighted by molar-refractivity contribution is 6.01. The summed E-state index contributed by atoms with van der Waals surface area (Å²) in [5.74, 6) is -2.11. The molecule has 0 radical (unpaired) electrons. The van der Waals surface area contributed by atoms with Gasteiger partial charge in [0.15, 0.2) is 0 Å². The summed E-state index contributed by atoms with van der Waals surface area (Å²) in [6, 6.07) is 0. The molecule has 0 aromatic rings. The van der Waals surface area contributed by atoms with Crippen molar-refractivity contribution in [2.24, 2.45) is 11.8 Å². The lowest BCUT2D eigenvalue weighted by molar-refractivity contribution is -0.136.